The molecule has 0 aliphatic carbocycles. The number of aryl methyl sites for hydroxylation is 1. The molecule has 0 spiro atoms. The quantitative estimate of drug-likeness (QED) is 0.616. The van der Waals surface area contributed by atoms with Gasteiger partial charge in [-0.1, -0.05) is 6.07 Å². The summed E-state index contributed by atoms with van der Waals surface area (Å²) in [6, 6.07) is 10.7. The molecule has 6 nitrogen and oxygen atoms in total. The fourth-order valence-corrected chi connectivity index (χ4v) is 2.95. The number of methoxy groups -OCH3 is 1. The zero-order chi connectivity index (χ0) is 18.7. The summed E-state index contributed by atoms with van der Waals surface area (Å²) in [5, 5.41) is 0. The molecule has 0 bridgehead atoms. The maximum Gasteiger partial charge on any atom is 0.308 e. The number of esters is 2. The highest BCUT2D eigenvalue weighted by atomic mass is 16.5. The van der Waals surface area contributed by atoms with E-state index in [1.807, 2.05) is 18.2 Å². The van der Waals surface area contributed by atoms with E-state index in [2.05, 4.69) is 0 Å². The molecule has 0 aromatic heterocycles. The molecule has 1 aliphatic heterocycles. The van der Waals surface area contributed by atoms with Crippen molar-refractivity contribution in [2.45, 2.75) is 32.8 Å². The molecule has 0 amide bonds. The average molecular weight is 356 g/mol. The number of ether oxygens (including phenoxy) is 4. The van der Waals surface area contributed by atoms with Gasteiger partial charge in [0.05, 0.1) is 7.11 Å². The molecule has 1 atom stereocenters. The minimum absolute atomic E-state index is 0.282. The van der Waals surface area contributed by atoms with Crippen molar-refractivity contribution in [1.29, 1.82) is 0 Å². The molecule has 1 unspecified atom stereocenters. The van der Waals surface area contributed by atoms with E-state index in [9.17, 15) is 9.59 Å². The molecule has 0 radical (unpaired) electrons. The van der Waals surface area contributed by atoms with Crippen LogP contribution in [0, 0.1) is 0 Å². The Labute approximate surface area is 151 Å². The summed E-state index contributed by atoms with van der Waals surface area (Å²) in [5.74, 6) is 1.21. The van der Waals surface area contributed by atoms with E-state index < -0.39 is 11.9 Å². The number of hydrogen-bond donors (Lipinski definition) is 0. The predicted molar refractivity (Wildman–Crippen MR) is 93.7 cm³/mol. The second-order valence-electron chi connectivity index (χ2n) is 6.01. The van der Waals surface area contributed by atoms with E-state index in [0.29, 0.717) is 11.5 Å². The molecule has 6 heteroatoms. The standard InChI is InChI=1S/C20H20O6/c1-12(21)24-16-7-8-17(20(11-16)25-13(2)22)18-9-5-14-4-6-15(23-3)10-19(14)26-18/h4,6-8,10-11,18H,5,9H2,1-3H3. The molecule has 2 aromatic rings. The summed E-state index contributed by atoms with van der Waals surface area (Å²) in [4.78, 5) is 22.6. The molecular weight excluding hydrogens is 336 g/mol. The smallest absolute Gasteiger partial charge is 0.308 e. The first kappa shape index (κ1) is 17.8. The van der Waals surface area contributed by atoms with E-state index >= 15 is 0 Å². The lowest BCUT2D eigenvalue weighted by Crippen LogP contribution is -2.17. The van der Waals surface area contributed by atoms with Gasteiger partial charge in [0, 0.05) is 31.5 Å². The molecule has 1 heterocycles. The molecule has 0 saturated heterocycles. The Morgan fingerprint density at radius 2 is 1.73 bits per heavy atom. The summed E-state index contributed by atoms with van der Waals surface area (Å²) in [6.07, 6.45) is 1.28. The number of carbonyl (C=O) groups excluding carboxylic acids is 2. The number of hydrogen-bond acceptors (Lipinski definition) is 6. The van der Waals surface area contributed by atoms with Gasteiger partial charge in [-0.15, -0.1) is 0 Å². The van der Waals surface area contributed by atoms with Gasteiger partial charge in [0.1, 0.15) is 29.1 Å². The van der Waals surface area contributed by atoms with E-state index in [4.69, 9.17) is 18.9 Å². The predicted octanol–water partition coefficient (Wildman–Crippen LogP) is 3.61. The summed E-state index contributed by atoms with van der Waals surface area (Å²) in [6.45, 7) is 2.64. The van der Waals surface area contributed by atoms with Crippen molar-refractivity contribution in [3.63, 3.8) is 0 Å². The summed E-state index contributed by atoms with van der Waals surface area (Å²) < 4.78 is 21.8. The van der Waals surface area contributed by atoms with Crippen molar-refractivity contribution >= 4 is 11.9 Å². The minimum Gasteiger partial charge on any atom is -0.497 e. The van der Waals surface area contributed by atoms with Gasteiger partial charge >= 0.3 is 11.9 Å². The third kappa shape index (κ3) is 3.96. The van der Waals surface area contributed by atoms with Crippen LogP contribution in [0.1, 0.15) is 37.5 Å². The van der Waals surface area contributed by atoms with Crippen LogP contribution in [0.25, 0.3) is 0 Å². The van der Waals surface area contributed by atoms with Crippen molar-refractivity contribution in [1.82, 2.24) is 0 Å². The molecule has 0 N–H and O–H groups in total. The molecule has 0 saturated carbocycles. The van der Waals surface area contributed by atoms with Gasteiger partial charge in [0.2, 0.25) is 0 Å². The molecule has 0 fully saturated rings. The first-order valence-electron chi connectivity index (χ1n) is 8.30. The van der Waals surface area contributed by atoms with Crippen LogP contribution in [-0.4, -0.2) is 19.0 Å². The van der Waals surface area contributed by atoms with Crippen LogP contribution in [-0.2, 0) is 16.0 Å². The van der Waals surface area contributed by atoms with Crippen LogP contribution >= 0.6 is 0 Å². The maximum atomic E-state index is 11.5. The lowest BCUT2D eigenvalue weighted by Gasteiger charge is -2.28. The second-order valence-corrected chi connectivity index (χ2v) is 6.01. The highest BCUT2D eigenvalue weighted by Gasteiger charge is 2.25. The van der Waals surface area contributed by atoms with Gasteiger partial charge in [-0.25, -0.2) is 0 Å². The van der Waals surface area contributed by atoms with E-state index in [-0.39, 0.29) is 6.10 Å². The van der Waals surface area contributed by atoms with Crippen LogP contribution in [0.5, 0.6) is 23.0 Å². The Kier molecular flexibility index (Phi) is 5.11. The van der Waals surface area contributed by atoms with E-state index in [1.165, 1.54) is 19.9 Å². The molecule has 1 aliphatic rings. The van der Waals surface area contributed by atoms with Gasteiger partial charge in [0.25, 0.3) is 0 Å². The van der Waals surface area contributed by atoms with Crippen LogP contribution < -0.4 is 18.9 Å². The third-order valence-electron chi connectivity index (χ3n) is 4.07. The Balaban J connectivity index is 1.92. The average Bonchev–Trinajstić information content (AvgIpc) is 2.60. The van der Waals surface area contributed by atoms with Gasteiger partial charge in [-0.2, -0.15) is 0 Å². The van der Waals surface area contributed by atoms with Gasteiger partial charge < -0.3 is 18.9 Å². The van der Waals surface area contributed by atoms with Gasteiger partial charge in [-0.3, -0.25) is 9.59 Å². The third-order valence-corrected chi connectivity index (χ3v) is 4.07. The molecule has 136 valence electrons. The first-order chi connectivity index (χ1) is 12.5. The van der Waals surface area contributed by atoms with Crippen molar-refractivity contribution in [3.05, 3.63) is 47.5 Å². The largest absolute Gasteiger partial charge is 0.497 e. The van der Waals surface area contributed by atoms with Crippen LogP contribution in [0.4, 0.5) is 0 Å². The lowest BCUT2D eigenvalue weighted by atomic mass is 9.96. The van der Waals surface area contributed by atoms with Crippen LogP contribution in [0.3, 0.4) is 0 Å². The Hall–Kier alpha value is -3.02. The Morgan fingerprint density at radius 3 is 2.42 bits per heavy atom. The molecule has 2 aromatic carbocycles. The van der Waals surface area contributed by atoms with E-state index in [0.717, 1.165) is 35.5 Å². The van der Waals surface area contributed by atoms with E-state index in [1.54, 1.807) is 19.2 Å². The number of rotatable bonds is 4. The topological polar surface area (TPSA) is 71.1 Å². The highest BCUT2D eigenvalue weighted by Crippen LogP contribution is 2.40. The minimum atomic E-state index is -0.455. The number of benzene rings is 2. The molecular formula is C20H20O6. The monoisotopic (exact) mass is 356 g/mol. The summed E-state index contributed by atoms with van der Waals surface area (Å²) >= 11 is 0. The fourth-order valence-electron chi connectivity index (χ4n) is 2.95. The summed E-state index contributed by atoms with van der Waals surface area (Å²) in [5.41, 5.74) is 1.83. The van der Waals surface area contributed by atoms with Crippen molar-refractivity contribution < 1.29 is 28.5 Å². The second kappa shape index (κ2) is 7.47. The van der Waals surface area contributed by atoms with Crippen molar-refractivity contribution in [2.75, 3.05) is 7.11 Å². The Morgan fingerprint density at radius 1 is 1.00 bits per heavy atom. The normalized spacial score (nSPS) is 15.4. The molecule has 3 rings (SSSR count). The van der Waals surface area contributed by atoms with Crippen molar-refractivity contribution in [3.8, 4) is 23.0 Å². The Bertz CT molecular complexity index is 842. The van der Waals surface area contributed by atoms with Crippen molar-refractivity contribution in [2.24, 2.45) is 0 Å². The zero-order valence-corrected chi connectivity index (χ0v) is 14.9. The SMILES string of the molecule is COc1ccc2c(c1)OC(c1ccc(OC(C)=O)cc1OC(C)=O)CC2. The number of fused-ring (bicyclic) bond motifs is 1. The van der Waals surface area contributed by atoms with Crippen LogP contribution in [0.2, 0.25) is 0 Å². The van der Waals surface area contributed by atoms with Crippen LogP contribution in [0.15, 0.2) is 36.4 Å². The summed E-state index contributed by atoms with van der Waals surface area (Å²) in [7, 11) is 1.61. The number of carbonyl (C=O) groups is 2. The first-order valence-corrected chi connectivity index (χ1v) is 8.30. The maximum absolute atomic E-state index is 11.5. The lowest BCUT2D eigenvalue weighted by molar-refractivity contribution is -0.132. The van der Waals surface area contributed by atoms with Gasteiger partial charge in [0.15, 0.2) is 0 Å². The fraction of sp³-hybridized carbons (Fsp3) is 0.300. The zero-order valence-electron chi connectivity index (χ0n) is 14.9. The highest BCUT2D eigenvalue weighted by molar-refractivity contribution is 5.72. The van der Waals surface area contributed by atoms with Gasteiger partial charge in [-0.05, 0) is 36.6 Å². The molecule has 26 heavy (non-hydrogen) atoms.